The maximum absolute atomic E-state index is 11.7. The molecule has 0 aromatic carbocycles. The van der Waals surface area contributed by atoms with Crippen LogP contribution in [0.3, 0.4) is 0 Å². The molecule has 0 heterocycles. The fourth-order valence-corrected chi connectivity index (χ4v) is 1.77. The lowest BCUT2D eigenvalue weighted by molar-refractivity contribution is -0.165. The van der Waals surface area contributed by atoms with Gasteiger partial charge in [0, 0.05) is 19.6 Å². The van der Waals surface area contributed by atoms with Gasteiger partial charge < -0.3 is 14.6 Å². The SMILES string of the molecule is CCOC(=O)C(C)(C)C(OC)C(C)CO. The second-order valence-electron chi connectivity index (χ2n) is 4.26. The lowest BCUT2D eigenvalue weighted by atomic mass is 9.80. The molecule has 0 rings (SSSR count). The molecule has 0 radical (unpaired) electrons. The number of rotatable bonds is 6. The molecule has 0 aliphatic heterocycles. The minimum Gasteiger partial charge on any atom is -0.466 e. The highest BCUT2D eigenvalue weighted by atomic mass is 16.5. The summed E-state index contributed by atoms with van der Waals surface area (Å²) in [6.07, 6.45) is -0.346. The number of hydrogen-bond donors (Lipinski definition) is 1. The van der Waals surface area contributed by atoms with Gasteiger partial charge in [-0.05, 0) is 20.8 Å². The zero-order chi connectivity index (χ0) is 12.1. The van der Waals surface area contributed by atoms with Crippen molar-refractivity contribution in [3.05, 3.63) is 0 Å². The molecule has 0 aromatic heterocycles. The second kappa shape index (κ2) is 6.08. The van der Waals surface area contributed by atoms with Crippen molar-refractivity contribution in [2.75, 3.05) is 20.3 Å². The molecule has 0 amide bonds. The highest BCUT2D eigenvalue weighted by Gasteiger charge is 2.41. The second-order valence-corrected chi connectivity index (χ2v) is 4.26. The summed E-state index contributed by atoms with van der Waals surface area (Å²) in [5.41, 5.74) is -0.743. The summed E-state index contributed by atoms with van der Waals surface area (Å²) in [5, 5.41) is 9.08. The average Bonchev–Trinajstić information content (AvgIpc) is 2.18. The van der Waals surface area contributed by atoms with Gasteiger partial charge in [-0.15, -0.1) is 0 Å². The normalized spacial score (nSPS) is 15.9. The van der Waals surface area contributed by atoms with Crippen molar-refractivity contribution in [2.45, 2.75) is 33.8 Å². The smallest absolute Gasteiger partial charge is 0.314 e. The van der Waals surface area contributed by atoms with E-state index in [4.69, 9.17) is 14.6 Å². The topological polar surface area (TPSA) is 55.8 Å². The number of hydrogen-bond acceptors (Lipinski definition) is 4. The Morgan fingerprint density at radius 1 is 1.47 bits per heavy atom. The minimum atomic E-state index is -0.743. The van der Waals surface area contributed by atoms with Crippen LogP contribution in [0.1, 0.15) is 27.7 Å². The molecule has 0 spiro atoms. The largest absolute Gasteiger partial charge is 0.466 e. The van der Waals surface area contributed by atoms with Gasteiger partial charge in [0.15, 0.2) is 0 Å². The Hall–Kier alpha value is -0.610. The van der Waals surface area contributed by atoms with E-state index in [1.54, 1.807) is 20.8 Å². The molecule has 4 nitrogen and oxygen atoms in total. The first-order valence-corrected chi connectivity index (χ1v) is 5.22. The van der Waals surface area contributed by atoms with Gasteiger partial charge in [0.2, 0.25) is 0 Å². The van der Waals surface area contributed by atoms with E-state index in [-0.39, 0.29) is 24.6 Å². The summed E-state index contributed by atoms with van der Waals surface area (Å²) in [7, 11) is 1.54. The standard InChI is InChI=1S/C11H22O4/c1-6-15-10(13)11(3,4)9(14-5)8(2)7-12/h8-9,12H,6-7H2,1-5H3. The van der Waals surface area contributed by atoms with E-state index in [1.807, 2.05) is 6.92 Å². The minimum absolute atomic E-state index is 0.0126. The number of ether oxygens (including phenoxy) is 2. The molecule has 0 aliphatic rings. The number of esters is 1. The maximum Gasteiger partial charge on any atom is 0.314 e. The monoisotopic (exact) mass is 218 g/mol. The van der Waals surface area contributed by atoms with Crippen LogP contribution < -0.4 is 0 Å². The highest BCUT2D eigenvalue weighted by Crippen LogP contribution is 2.30. The molecule has 2 atom stereocenters. The summed E-state index contributed by atoms with van der Waals surface area (Å²) in [5.74, 6) is -0.397. The van der Waals surface area contributed by atoms with Crippen LogP contribution in [0.5, 0.6) is 0 Å². The lowest BCUT2D eigenvalue weighted by Gasteiger charge is -2.34. The Morgan fingerprint density at radius 3 is 2.33 bits per heavy atom. The molecule has 15 heavy (non-hydrogen) atoms. The first-order chi connectivity index (χ1) is 6.91. The zero-order valence-corrected chi connectivity index (χ0v) is 10.2. The van der Waals surface area contributed by atoms with Crippen molar-refractivity contribution in [1.29, 1.82) is 0 Å². The van der Waals surface area contributed by atoms with Crippen molar-refractivity contribution in [1.82, 2.24) is 0 Å². The predicted octanol–water partition coefficient (Wildman–Crippen LogP) is 1.22. The van der Waals surface area contributed by atoms with E-state index in [2.05, 4.69) is 0 Å². The van der Waals surface area contributed by atoms with Crippen LogP contribution in [0.4, 0.5) is 0 Å². The number of aliphatic hydroxyl groups is 1. The van der Waals surface area contributed by atoms with E-state index in [0.29, 0.717) is 6.61 Å². The molecule has 0 bridgehead atoms. The molecular formula is C11H22O4. The van der Waals surface area contributed by atoms with Gasteiger partial charge in [-0.2, -0.15) is 0 Å². The van der Waals surface area contributed by atoms with Gasteiger partial charge in [-0.1, -0.05) is 6.92 Å². The van der Waals surface area contributed by atoms with Crippen molar-refractivity contribution in [2.24, 2.45) is 11.3 Å². The molecular weight excluding hydrogens is 196 g/mol. The van der Waals surface area contributed by atoms with Gasteiger partial charge in [-0.25, -0.2) is 0 Å². The van der Waals surface area contributed by atoms with E-state index >= 15 is 0 Å². The van der Waals surface area contributed by atoms with Crippen LogP contribution in [0, 0.1) is 11.3 Å². The van der Waals surface area contributed by atoms with Gasteiger partial charge >= 0.3 is 5.97 Å². The Balaban J connectivity index is 4.71. The maximum atomic E-state index is 11.7. The third kappa shape index (κ3) is 3.47. The van der Waals surface area contributed by atoms with Crippen LogP contribution in [-0.4, -0.2) is 37.5 Å². The van der Waals surface area contributed by atoms with Gasteiger partial charge in [0.1, 0.15) is 0 Å². The molecule has 1 N–H and O–H groups in total. The Bertz CT molecular complexity index is 201. The Morgan fingerprint density at radius 2 is 2.00 bits per heavy atom. The predicted molar refractivity (Wildman–Crippen MR) is 57.5 cm³/mol. The summed E-state index contributed by atoms with van der Waals surface area (Å²) < 4.78 is 10.3. The fraction of sp³-hybridized carbons (Fsp3) is 0.909. The van der Waals surface area contributed by atoms with Gasteiger partial charge in [-0.3, -0.25) is 4.79 Å². The number of carbonyl (C=O) groups excluding carboxylic acids is 1. The molecule has 0 aromatic rings. The molecule has 2 unspecified atom stereocenters. The molecule has 0 aliphatic carbocycles. The summed E-state index contributed by atoms with van der Waals surface area (Å²) in [6, 6.07) is 0. The first kappa shape index (κ1) is 14.4. The van der Waals surface area contributed by atoms with Gasteiger partial charge in [0.25, 0.3) is 0 Å². The molecule has 0 fully saturated rings. The molecule has 0 saturated heterocycles. The number of methoxy groups -OCH3 is 1. The third-order valence-corrected chi connectivity index (χ3v) is 2.57. The summed E-state index contributed by atoms with van der Waals surface area (Å²) >= 11 is 0. The van der Waals surface area contributed by atoms with Crippen LogP contribution in [-0.2, 0) is 14.3 Å². The number of aliphatic hydroxyl groups excluding tert-OH is 1. The van der Waals surface area contributed by atoms with Crippen LogP contribution in [0.2, 0.25) is 0 Å². The molecule has 4 heteroatoms. The van der Waals surface area contributed by atoms with Crippen molar-refractivity contribution >= 4 is 5.97 Å². The van der Waals surface area contributed by atoms with Crippen LogP contribution in [0.25, 0.3) is 0 Å². The average molecular weight is 218 g/mol. The quantitative estimate of drug-likeness (QED) is 0.681. The summed E-state index contributed by atoms with van der Waals surface area (Å²) in [6.45, 7) is 7.49. The van der Waals surface area contributed by atoms with Crippen LogP contribution in [0.15, 0.2) is 0 Å². The van der Waals surface area contributed by atoms with Gasteiger partial charge in [0.05, 0.1) is 18.1 Å². The van der Waals surface area contributed by atoms with E-state index < -0.39 is 5.41 Å². The van der Waals surface area contributed by atoms with Crippen molar-refractivity contribution in [3.63, 3.8) is 0 Å². The van der Waals surface area contributed by atoms with E-state index in [9.17, 15) is 4.79 Å². The van der Waals surface area contributed by atoms with E-state index in [0.717, 1.165) is 0 Å². The fourth-order valence-electron chi connectivity index (χ4n) is 1.77. The highest BCUT2D eigenvalue weighted by molar-refractivity contribution is 5.76. The summed E-state index contributed by atoms with van der Waals surface area (Å²) in [4.78, 5) is 11.7. The van der Waals surface area contributed by atoms with Crippen LogP contribution >= 0.6 is 0 Å². The molecule has 0 saturated carbocycles. The van der Waals surface area contributed by atoms with Crippen molar-refractivity contribution < 1.29 is 19.4 Å². The third-order valence-electron chi connectivity index (χ3n) is 2.57. The lowest BCUT2D eigenvalue weighted by Crippen LogP contribution is -2.44. The Labute approximate surface area is 91.6 Å². The first-order valence-electron chi connectivity index (χ1n) is 5.22. The Kier molecular flexibility index (Phi) is 5.83. The molecule has 90 valence electrons. The van der Waals surface area contributed by atoms with E-state index in [1.165, 1.54) is 7.11 Å². The number of carbonyl (C=O) groups is 1. The zero-order valence-electron chi connectivity index (χ0n) is 10.2. The van der Waals surface area contributed by atoms with Crippen molar-refractivity contribution in [3.8, 4) is 0 Å².